The first kappa shape index (κ1) is 14.2. The standard InChI is InChI=1S/C8H10N4O.C2H7N/c1-4-7(8(10)13)6(3-9)12-5(2)11-4;1-2-3/h3,9H,1-2H3,(H2,10,13);2-3H2,1H3. The molecule has 16 heavy (non-hydrogen) atoms. The topological polar surface area (TPSA) is 119 Å². The minimum Gasteiger partial charge on any atom is -0.365 e. The zero-order valence-electron chi connectivity index (χ0n) is 9.74. The van der Waals surface area contributed by atoms with Crippen LogP contribution >= 0.6 is 0 Å². The third-order valence-electron chi connectivity index (χ3n) is 1.61. The summed E-state index contributed by atoms with van der Waals surface area (Å²) in [7, 11) is 0. The molecule has 1 rings (SSSR count). The van der Waals surface area contributed by atoms with Gasteiger partial charge in [-0.2, -0.15) is 0 Å². The van der Waals surface area contributed by atoms with E-state index in [9.17, 15) is 4.79 Å². The molecule has 0 radical (unpaired) electrons. The first-order valence-electron chi connectivity index (χ1n) is 4.83. The lowest BCUT2D eigenvalue weighted by atomic mass is 10.1. The van der Waals surface area contributed by atoms with Crippen molar-refractivity contribution in [2.24, 2.45) is 11.5 Å². The summed E-state index contributed by atoms with van der Waals surface area (Å²) in [6.45, 7) is 6.02. The Balaban J connectivity index is 0.000000673. The number of nitrogens with one attached hydrogen (secondary N) is 1. The van der Waals surface area contributed by atoms with Crippen LogP contribution in [0.15, 0.2) is 0 Å². The molecule has 0 aliphatic rings. The number of carbonyl (C=O) groups excluding carboxylic acids is 1. The average molecular weight is 223 g/mol. The second kappa shape index (κ2) is 6.62. The van der Waals surface area contributed by atoms with Gasteiger partial charge in [0.05, 0.1) is 17.0 Å². The lowest BCUT2D eigenvalue weighted by Crippen LogP contribution is -2.18. The molecular weight excluding hydrogens is 206 g/mol. The Labute approximate surface area is 94.6 Å². The third-order valence-corrected chi connectivity index (χ3v) is 1.61. The van der Waals surface area contributed by atoms with Crippen LogP contribution < -0.4 is 11.5 Å². The van der Waals surface area contributed by atoms with E-state index in [1.165, 1.54) is 0 Å². The van der Waals surface area contributed by atoms with Crippen molar-refractivity contribution >= 4 is 12.1 Å². The maximum absolute atomic E-state index is 11.0. The minimum absolute atomic E-state index is 0.223. The van der Waals surface area contributed by atoms with Crippen LogP contribution in [-0.4, -0.2) is 28.6 Å². The van der Waals surface area contributed by atoms with Crippen LogP contribution in [-0.2, 0) is 0 Å². The van der Waals surface area contributed by atoms with E-state index in [2.05, 4.69) is 9.97 Å². The molecule has 5 N–H and O–H groups in total. The maximum atomic E-state index is 11.0. The van der Waals surface area contributed by atoms with Gasteiger partial charge in [0.15, 0.2) is 0 Å². The normalized spacial score (nSPS) is 9.00. The molecule has 1 aromatic heterocycles. The van der Waals surface area contributed by atoms with E-state index in [4.69, 9.17) is 16.9 Å². The fraction of sp³-hybridized carbons (Fsp3) is 0.400. The predicted octanol–water partition coefficient (Wildman–Crippen LogP) is 0.155. The van der Waals surface area contributed by atoms with Crippen molar-refractivity contribution in [3.63, 3.8) is 0 Å². The van der Waals surface area contributed by atoms with Crippen molar-refractivity contribution in [1.29, 1.82) is 5.41 Å². The SMILES string of the molecule is CCN.Cc1nc(C)c(C(N)=O)c(C=N)n1. The number of carbonyl (C=O) groups is 1. The summed E-state index contributed by atoms with van der Waals surface area (Å²) in [4.78, 5) is 18.9. The van der Waals surface area contributed by atoms with Crippen LogP contribution in [0.25, 0.3) is 0 Å². The van der Waals surface area contributed by atoms with Crippen molar-refractivity contribution < 1.29 is 4.79 Å². The molecule has 1 aromatic rings. The second-order valence-electron chi connectivity index (χ2n) is 3.03. The molecule has 0 unspecified atom stereocenters. The largest absolute Gasteiger partial charge is 0.365 e. The molecule has 6 nitrogen and oxygen atoms in total. The Bertz CT molecular complexity index is 389. The van der Waals surface area contributed by atoms with Gasteiger partial charge in [0.1, 0.15) is 5.82 Å². The molecular formula is C10H17N5O. The van der Waals surface area contributed by atoms with E-state index in [1.54, 1.807) is 13.8 Å². The van der Waals surface area contributed by atoms with Gasteiger partial charge in [-0.25, -0.2) is 9.97 Å². The summed E-state index contributed by atoms with van der Waals surface area (Å²) in [6, 6.07) is 0. The van der Waals surface area contributed by atoms with Gasteiger partial charge in [0.2, 0.25) is 0 Å². The van der Waals surface area contributed by atoms with Gasteiger partial charge in [0, 0.05) is 6.21 Å². The highest BCUT2D eigenvalue weighted by Gasteiger charge is 2.12. The number of nitrogens with two attached hydrogens (primary N) is 2. The van der Waals surface area contributed by atoms with E-state index in [0.29, 0.717) is 11.5 Å². The highest BCUT2D eigenvalue weighted by molar-refractivity contribution is 6.00. The molecule has 0 saturated carbocycles. The Morgan fingerprint density at radius 1 is 1.44 bits per heavy atom. The lowest BCUT2D eigenvalue weighted by Gasteiger charge is -2.04. The first-order valence-corrected chi connectivity index (χ1v) is 4.83. The number of aryl methyl sites for hydroxylation is 2. The molecule has 88 valence electrons. The number of hydrogen-bond acceptors (Lipinski definition) is 5. The third kappa shape index (κ3) is 3.74. The van der Waals surface area contributed by atoms with Crippen LogP contribution in [0.2, 0.25) is 0 Å². The predicted molar refractivity (Wildman–Crippen MR) is 62.6 cm³/mol. The Morgan fingerprint density at radius 2 is 1.94 bits per heavy atom. The van der Waals surface area contributed by atoms with E-state index in [0.717, 1.165) is 12.8 Å². The van der Waals surface area contributed by atoms with Gasteiger partial charge >= 0.3 is 0 Å². The van der Waals surface area contributed by atoms with Gasteiger partial charge in [-0.3, -0.25) is 4.79 Å². The fourth-order valence-electron chi connectivity index (χ4n) is 1.15. The number of hydrogen-bond donors (Lipinski definition) is 3. The first-order chi connectivity index (χ1) is 7.47. The summed E-state index contributed by atoms with van der Waals surface area (Å²) >= 11 is 0. The average Bonchev–Trinajstić information content (AvgIpc) is 2.16. The molecule has 0 aromatic carbocycles. The summed E-state index contributed by atoms with van der Waals surface area (Å²) in [5.41, 5.74) is 11.0. The monoisotopic (exact) mass is 223 g/mol. The molecule has 0 atom stereocenters. The Kier molecular flexibility index (Phi) is 5.87. The fourth-order valence-corrected chi connectivity index (χ4v) is 1.15. The van der Waals surface area contributed by atoms with E-state index in [-0.39, 0.29) is 11.3 Å². The van der Waals surface area contributed by atoms with Gasteiger partial charge in [0.25, 0.3) is 5.91 Å². The Hall–Kier alpha value is -1.82. The minimum atomic E-state index is -0.601. The second-order valence-corrected chi connectivity index (χ2v) is 3.03. The number of rotatable bonds is 2. The number of aromatic nitrogens is 2. The van der Waals surface area contributed by atoms with Crippen LogP contribution in [0.5, 0.6) is 0 Å². The zero-order chi connectivity index (χ0) is 12.7. The zero-order valence-corrected chi connectivity index (χ0v) is 9.74. The van der Waals surface area contributed by atoms with Crippen LogP contribution in [0.3, 0.4) is 0 Å². The van der Waals surface area contributed by atoms with Gasteiger partial charge in [-0.15, -0.1) is 0 Å². The summed E-state index contributed by atoms with van der Waals surface area (Å²) in [5, 5.41) is 7.05. The highest BCUT2D eigenvalue weighted by atomic mass is 16.1. The van der Waals surface area contributed by atoms with E-state index in [1.807, 2.05) is 6.92 Å². The van der Waals surface area contributed by atoms with Gasteiger partial charge in [-0.05, 0) is 20.4 Å². The number of primary amides is 1. The molecule has 0 fully saturated rings. The molecule has 0 aliphatic heterocycles. The number of amides is 1. The van der Waals surface area contributed by atoms with Gasteiger partial charge < -0.3 is 16.9 Å². The lowest BCUT2D eigenvalue weighted by molar-refractivity contribution is 0.0999. The van der Waals surface area contributed by atoms with E-state index < -0.39 is 5.91 Å². The van der Waals surface area contributed by atoms with Gasteiger partial charge in [-0.1, -0.05) is 6.92 Å². The van der Waals surface area contributed by atoms with Crippen molar-refractivity contribution in [3.05, 3.63) is 22.8 Å². The Morgan fingerprint density at radius 3 is 2.31 bits per heavy atom. The molecule has 0 spiro atoms. The summed E-state index contributed by atoms with van der Waals surface area (Å²) < 4.78 is 0. The summed E-state index contributed by atoms with van der Waals surface area (Å²) in [6.07, 6.45) is 1.00. The molecule has 1 heterocycles. The van der Waals surface area contributed by atoms with E-state index >= 15 is 0 Å². The van der Waals surface area contributed by atoms with Crippen molar-refractivity contribution in [1.82, 2.24) is 9.97 Å². The van der Waals surface area contributed by atoms with Crippen molar-refractivity contribution in [2.75, 3.05) is 6.54 Å². The molecule has 0 aliphatic carbocycles. The molecule has 6 heteroatoms. The molecule has 0 saturated heterocycles. The quantitative estimate of drug-likeness (QED) is 0.618. The smallest absolute Gasteiger partial charge is 0.252 e. The molecule has 1 amide bonds. The summed E-state index contributed by atoms with van der Waals surface area (Å²) in [5.74, 6) is -0.0722. The highest BCUT2D eigenvalue weighted by Crippen LogP contribution is 2.07. The van der Waals surface area contributed by atoms with Crippen molar-refractivity contribution in [2.45, 2.75) is 20.8 Å². The van der Waals surface area contributed by atoms with Crippen LogP contribution in [0, 0.1) is 19.3 Å². The number of nitrogens with zero attached hydrogens (tertiary/aromatic N) is 2. The molecule has 0 bridgehead atoms. The van der Waals surface area contributed by atoms with Crippen molar-refractivity contribution in [3.8, 4) is 0 Å². The maximum Gasteiger partial charge on any atom is 0.252 e. The van der Waals surface area contributed by atoms with Crippen LogP contribution in [0.4, 0.5) is 0 Å². The van der Waals surface area contributed by atoms with Crippen LogP contribution in [0.1, 0.15) is 34.5 Å².